The molecule has 28 heavy (non-hydrogen) atoms. The van der Waals surface area contributed by atoms with E-state index in [1.807, 2.05) is 0 Å². The van der Waals surface area contributed by atoms with Crippen LogP contribution in [-0.4, -0.2) is 28.0 Å². The number of aliphatic imine (C=N–C) groups is 1. The Labute approximate surface area is 179 Å². The van der Waals surface area contributed by atoms with E-state index in [4.69, 9.17) is 5.14 Å². The van der Waals surface area contributed by atoms with E-state index in [1.54, 1.807) is 37.4 Å². The Bertz CT molecular complexity index is 911. The Balaban J connectivity index is 0.00000392. The highest BCUT2D eigenvalue weighted by Crippen LogP contribution is 2.19. The summed E-state index contributed by atoms with van der Waals surface area (Å²) < 4.78 is 52.2. The van der Waals surface area contributed by atoms with Crippen molar-refractivity contribution in [2.75, 3.05) is 7.05 Å². The van der Waals surface area contributed by atoms with Gasteiger partial charge in [-0.1, -0.05) is 30.3 Å². The molecule has 0 radical (unpaired) electrons. The van der Waals surface area contributed by atoms with Crippen LogP contribution in [0.2, 0.25) is 0 Å². The van der Waals surface area contributed by atoms with Crippen LogP contribution in [0, 0.1) is 0 Å². The zero-order chi connectivity index (χ0) is 19.9. The summed E-state index contributed by atoms with van der Waals surface area (Å²) in [5.74, 6) is 0.485. The Morgan fingerprint density at radius 3 is 2.46 bits per heavy atom. The average Bonchev–Trinajstić information content (AvgIpc) is 2.62. The first-order valence-corrected chi connectivity index (χ1v) is 9.43. The van der Waals surface area contributed by atoms with E-state index in [0.717, 1.165) is 0 Å². The van der Waals surface area contributed by atoms with Gasteiger partial charge in [-0.25, -0.2) is 13.6 Å². The molecule has 0 aliphatic rings. The zero-order valence-corrected chi connectivity index (χ0v) is 18.1. The first kappa shape index (κ1) is 24.0. The summed E-state index contributed by atoms with van der Waals surface area (Å²) >= 11 is 0. The van der Waals surface area contributed by atoms with Gasteiger partial charge in [-0.3, -0.25) is 4.99 Å². The molecule has 0 fully saturated rings. The van der Waals surface area contributed by atoms with Crippen molar-refractivity contribution >= 4 is 40.0 Å². The Kier molecular flexibility index (Phi) is 9.55. The molecule has 0 aliphatic heterocycles. The lowest BCUT2D eigenvalue weighted by Crippen LogP contribution is -2.36. The van der Waals surface area contributed by atoms with Crippen molar-refractivity contribution in [2.24, 2.45) is 10.1 Å². The lowest BCUT2D eigenvalue weighted by Gasteiger charge is -2.14. The van der Waals surface area contributed by atoms with Gasteiger partial charge in [-0.2, -0.15) is 8.78 Å². The number of ether oxygens (including phenoxy) is 1. The molecule has 4 N–H and O–H groups in total. The predicted molar refractivity (Wildman–Crippen MR) is 113 cm³/mol. The molecule has 0 bridgehead atoms. The van der Waals surface area contributed by atoms with Crippen molar-refractivity contribution in [3.05, 3.63) is 59.7 Å². The van der Waals surface area contributed by atoms with E-state index < -0.39 is 16.6 Å². The Morgan fingerprint density at radius 1 is 1.14 bits per heavy atom. The quantitative estimate of drug-likeness (QED) is 0.292. The molecule has 0 amide bonds. The van der Waals surface area contributed by atoms with Crippen molar-refractivity contribution in [1.82, 2.24) is 10.6 Å². The summed E-state index contributed by atoms with van der Waals surface area (Å²) in [6.07, 6.45) is 0. The van der Waals surface area contributed by atoms with Crippen molar-refractivity contribution < 1.29 is 21.9 Å². The summed E-state index contributed by atoms with van der Waals surface area (Å²) in [4.78, 5) is 4.06. The van der Waals surface area contributed by atoms with Gasteiger partial charge in [0.1, 0.15) is 5.75 Å². The second-order valence-corrected chi connectivity index (χ2v) is 7.02. The van der Waals surface area contributed by atoms with Crippen molar-refractivity contribution in [3.63, 3.8) is 0 Å². The summed E-state index contributed by atoms with van der Waals surface area (Å²) in [6, 6.07) is 12.6. The van der Waals surface area contributed by atoms with E-state index in [9.17, 15) is 17.2 Å². The monoisotopic (exact) mass is 526 g/mol. The first-order chi connectivity index (χ1) is 12.8. The minimum Gasteiger partial charge on any atom is -0.434 e. The third-order valence-electron chi connectivity index (χ3n) is 3.55. The molecule has 2 aromatic carbocycles. The van der Waals surface area contributed by atoms with Crippen molar-refractivity contribution in [1.29, 1.82) is 0 Å². The highest BCUT2D eigenvalue weighted by atomic mass is 127. The normalized spacial score (nSPS) is 11.7. The second-order valence-electron chi connectivity index (χ2n) is 5.46. The van der Waals surface area contributed by atoms with Gasteiger partial charge in [0, 0.05) is 25.7 Å². The van der Waals surface area contributed by atoms with Gasteiger partial charge >= 0.3 is 6.61 Å². The summed E-state index contributed by atoms with van der Waals surface area (Å²) in [5, 5.41) is 11.1. The number of nitrogens with zero attached hydrogens (tertiary/aromatic N) is 1. The van der Waals surface area contributed by atoms with Gasteiger partial charge in [0.25, 0.3) is 0 Å². The highest BCUT2D eigenvalue weighted by molar-refractivity contribution is 14.0. The smallest absolute Gasteiger partial charge is 0.387 e. The molecule has 0 atom stereocenters. The molecule has 11 heteroatoms. The number of nitrogens with one attached hydrogen (secondary N) is 2. The SMILES string of the molecule is CN=C(NCc1cccc(S(N)(=O)=O)c1)NCc1ccccc1OC(F)F.I. The molecule has 0 heterocycles. The van der Waals surface area contributed by atoms with Gasteiger partial charge in [0.2, 0.25) is 10.0 Å². The van der Waals surface area contributed by atoms with E-state index in [0.29, 0.717) is 17.1 Å². The summed E-state index contributed by atoms with van der Waals surface area (Å²) in [7, 11) is -2.23. The standard InChI is InChI=1S/C17H20F2N4O3S.HI/c1-21-17(22-10-12-5-4-7-14(9-12)27(20,24)25)23-11-13-6-2-3-8-15(13)26-16(18)19;/h2-9,16H,10-11H2,1H3,(H2,20,24,25)(H2,21,22,23);1H. The van der Waals surface area contributed by atoms with Crippen molar-refractivity contribution in [3.8, 4) is 5.75 Å². The number of hydrogen-bond donors (Lipinski definition) is 3. The van der Waals surface area contributed by atoms with Crippen LogP contribution >= 0.6 is 24.0 Å². The minimum atomic E-state index is -3.78. The number of benzene rings is 2. The first-order valence-electron chi connectivity index (χ1n) is 7.88. The molecule has 0 saturated heterocycles. The number of halogens is 3. The number of guanidine groups is 1. The predicted octanol–water partition coefficient (Wildman–Crippen LogP) is 2.42. The number of hydrogen-bond acceptors (Lipinski definition) is 4. The molecule has 7 nitrogen and oxygen atoms in total. The summed E-state index contributed by atoms with van der Waals surface area (Å²) in [6.45, 7) is -2.41. The van der Waals surface area contributed by atoms with Crippen LogP contribution in [0.5, 0.6) is 5.75 Å². The largest absolute Gasteiger partial charge is 0.434 e. The fraction of sp³-hybridized carbons (Fsp3) is 0.235. The molecule has 154 valence electrons. The molecular formula is C17H21F2IN4O3S. The van der Waals surface area contributed by atoms with E-state index >= 15 is 0 Å². The van der Waals surface area contributed by atoms with Crippen LogP contribution in [0.15, 0.2) is 58.4 Å². The fourth-order valence-corrected chi connectivity index (χ4v) is 2.86. The van der Waals surface area contributed by atoms with Crippen LogP contribution in [0.1, 0.15) is 11.1 Å². The highest BCUT2D eigenvalue weighted by Gasteiger charge is 2.10. The van der Waals surface area contributed by atoms with Crippen LogP contribution in [0.3, 0.4) is 0 Å². The molecule has 0 aromatic heterocycles. The Morgan fingerprint density at radius 2 is 1.82 bits per heavy atom. The van der Waals surface area contributed by atoms with Crippen LogP contribution in [0.25, 0.3) is 0 Å². The molecular weight excluding hydrogens is 505 g/mol. The van der Waals surface area contributed by atoms with Crippen LogP contribution < -0.4 is 20.5 Å². The average molecular weight is 526 g/mol. The third kappa shape index (κ3) is 7.56. The number of primary sulfonamides is 1. The molecule has 0 saturated carbocycles. The third-order valence-corrected chi connectivity index (χ3v) is 4.46. The molecule has 0 unspecified atom stereocenters. The number of alkyl halides is 2. The number of nitrogens with two attached hydrogens (primary N) is 1. The summed E-state index contributed by atoms with van der Waals surface area (Å²) in [5.41, 5.74) is 1.22. The molecule has 2 aromatic rings. The maximum absolute atomic E-state index is 12.5. The second kappa shape index (κ2) is 11.1. The van der Waals surface area contributed by atoms with Gasteiger partial charge in [-0.15, -0.1) is 24.0 Å². The van der Waals surface area contributed by atoms with Gasteiger partial charge < -0.3 is 15.4 Å². The minimum absolute atomic E-state index is 0. The van der Waals surface area contributed by atoms with Gasteiger partial charge in [-0.05, 0) is 23.8 Å². The van der Waals surface area contributed by atoms with E-state index in [2.05, 4.69) is 20.4 Å². The Hall–Kier alpha value is -1.99. The fourth-order valence-electron chi connectivity index (χ4n) is 2.28. The zero-order valence-electron chi connectivity index (χ0n) is 14.9. The maximum Gasteiger partial charge on any atom is 0.387 e. The number of para-hydroxylation sites is 1. The van der Waals surface area contributed by atoms with Crippen LogP contribution in [-0.2, 0) is 23.1 Å². The van der Waals surface area contributed by atoms with E-state index in [1.165, 1.54) is 18.2 Å². The van der Waals surface area contributed by atoms with Crippen LogP contribution in [0.4, 0.5) is 8.78 Å². The van der Waals surface area contributed by atoms with Crippen molar-refractivity contribution in [2.45, 2.75) is 24.6 Å². The number of rotatable bonds is 7. The van der Waals surface area contributed by atoms with Gasteiger partial charge in [0.05, 0.1) is 4.90 Å². The topological polar surface area (TPSA) is 106 Å². The lowest BCUT2D eigenvalue weighted by molar-refractivity contribution is -0.0504. The lowest BCUT2D eigenvalue weighted by atomic mass is 10.2. The number of sulfonamides is 1. The molecule has 0 spiro atoms. The maximum atomic E-state index is 12.5. The molecule has 2 rings (SSSR count). The van der Waals surface area contributed by atoms with Gasteiger partial charge in [0.15, 0.2) is 5.96 Å². The van der Waals surface area contributed by atoms with E-state index in [-0.39, 0.29) is 47.7 Å². The molecule has 0 aliphatic carbocycles.